The Morgan fingerprint density at radius 3 is 1.16 bits per heavy atom. The van der Waals surface area contributed by atoms with Gasteiger partial charge in [0.25, 0.3) is 0 Å². The minimum absolute atomic E-state index is 0.0358. The van der Waals surface area contributed by atoms with Crippen LogP contribution < -0.4 is 26.6 Å². The second-order valence-electron chi connectivity index (χ2n) is 17.3. The maximum atomic E-state index is 12.8. The number of carboxylic acids is 4. The van der Waals surface area contributed by atoms with Gasteiger partial charge in [-0.1, -0.05) is 6.92 Å². The van der Waals surface area contributed by atoms with Crippen molar-refractivity contribution in [1.82, 2.24) is 51.1 Å². The molecule has 0 aromatic heterocycles. The lowest BCUT2D eigenvalue weighted by atomic mass is 10.1. The standard InChI is InChI=1S/C46H64N10O23/c1-2-32(61)50-18-41(70)55(27-46(78)79)23-36(65)49-17-29(58)7-10-37(66)52(24-43(72)73)20-30(59)4-3-14-47-35(64)22-54(26-45(76)77)42(71)19-51-33(62)8-5-31(60)21-53(25-44(74)75)38(67)9-6-28(57)16-48-34(63)13-15-56-39(68)11-12-40(56)69/h2-27H2,1H3,(H,47,64)(H,48,63)(H,49,65)(H,50,61)(H,51,62)(H,72,73)(H,74,75)(H,76,77)(H,78,79). The van der Waals surface area contributed by atoms with Gasteiger partial charge in [0.1, 0.15) is 39.3 Å². The van der Waals surface area contributed by atoms with Gasteiger partial charge in [-0.15, -0.1) is 0 Å². The molecule has 0 aromatic carbocycles. The first-order chi connectivity index (χ1) is 37.1. The molecule has 33 nitrogen and oxygen atoms in total. The number of carboxylic acid groups (broad SMARTS) is 4. The first-order valence-electron chi connectivity index (χ1n) is 24.3. The summed E-state index contributed by atoms with van der Waals surface area (Å²) in [5, 5.41) is 48.1. The van der Waals surface area contributed by atoms with Gasteiger partial charge >= 0.3 is 23.9 Å². The zero-order valence-corrected chi connectivity index (χ0v) is 43.2. The topological polar surface area (TPSA) is 482 Å². The van der Waals surface area contributed by atoms with Gasteiger partial charge in [0.15, 0.2) is 23.1 Å². The van der Waals surface area contributed by atoms with Gasteiger partial charge in [0.2, 0.25) is 65.0 Å². The highest BCUT2D eigenvalue weighted by atomic mass is 16.4. The molecule has 0 saturated carbocycles. The predicted octanol–water partition coefficient (Wildman–Crippen LogP) is -6.43. The van der Waals surface area contributed by atoms with Crippen molar-refractivity contribution < 1.29 is 112 Å². The predicted molar refractivity (Wildman–Crippen MR) is 260 cm³/mol. The van der Waals surface area contributed by atoms with Crippen LogP contribution in [0.25, 0.3) is 0 Å². The summed E-state index contributed by atoms with van der Waals surface area (Å²) in [5.74, 6) is -17.5. The van der Waals surface area contributed by atoms with Crippen LogP contribution in [0.1, 0.15) is 84.0 Å². The number of nitrogens with one attached hydrogen (secondary N) is 5. The molecule has 0 unspecified atom stereocenters. The third kappa shape index (κ3) is 30.3. The molecule has 0 aromatic rings. The van der Waals surface area contributed by atoms with E-state index in [0.29, 0.717) is 19.6 Å². The summed E-state index contributed by atoms with van der Waals surface area (Å²) < 4.78 is 0. The third-order valence-corrected chi connectivity index (χ3v) is 10.8. The van der Waals surface area contributed by atoms with E-state index in [4.69, 9.17) is 5.11 Å². The number of hydrogen-bond acceptors (Lipinski definition) is 19. The summed E-state index contributed by atoms with van der Waals surface area (Å²) in [4.78, 5) is 234. The Morgan fingerprint density at radius 1 is 0.380 bits per heavy atom. The van der Waals surface area contributed by atoms with Crippen molar-refractivity contribution in [3.05, 3.63) is 0 Å². The zero-order valence-electron chi connectivity index (χ0n) is 43.2. The van der Waals surface area contributed by atoms with Crippen molar-refractivity contribution >= 4 is 112 Å². The number of amides is 11. The lowest BCUT2D eigenvalue weighted by Gasteiger charge is -2.21. The van der Waals surface area contributed by atoms with E-state index < -0.39 is 229 Å². The molecule has 11 amide bonds. The van der Waals surface area contributed by atoms with Crippen molar-refractivity contribution in [3.8, 4) is 0 Å². The first kappa shape index (κ1) is 67.9. The van der Waals surface area contributed by atoms with E-state index in [2.05, 4.69) is 26.6 Å². The van der Waals surface area contributed by atoms with E-state index in [-0.39, 0.29) is 51.6 Å². The molecule has 0 aliphatic carbocycles. The Labute approximate surface area is 449 Å². The van der Waals surface area contributed by atoms with Gasteiger partial charge in [-0.25, -0.2) is 0 Å². The van der Waals surface area contributed by atoms with Gasteiger partial charge in [0, 0.05) is 83.7 Å². The van der Waals surface area contributed by atoms with Crippen molar-refractivity contribution in [2.24, 2.45) is 0 Å². The number of carbonyl (C=O) groups excluding carboxylic acids is 15. The molecule has 0 spiro atoms. The van der Waals surface area contributed by atoms with Crippen LogP contribution in [0.4, 0.5) is 0 Å². The average molecular weight is 1130 g/mol. The van der Waals surface area contributed by atoms with Crippen LogP contribution in [0.15, 0.2) is 0 Å². The highest BCUT2D eigenvalue weighted by Gasteiger charge is 2.30. The number of nitrogens with zero attached hydrogens (tertiary/aromatic N) is 5. The van der Waals surface area contributed by atoms with E-state index in [9.17, 15) is 106 Å². The Kier molecular flexibility index (Phi) is 31.0. The zero-order chi connectivity index (χ0) is 59.8. The number of aliphatic carboxylic acids is 4. The Balaban J connectivity index is 2.57. The Bertz CT molecular complexity index is 2360. The van der Waals surface area contributed by atoms with E-state index in [0.717, 1.165) is 4.90 Å². The second-order valence-corrected chi connectivity index (χ2v) is 17.3. The monoisotopic (exact) mass is 1120 g/mol. The average Bonchev–Trinajstić information content (AvgIpc) is 3.70. The Morgan fingerprint density at radius 2 is 0.734 bits per heavy atom. The summed E-state index contributed by atoms with van der Waals surface area (Å²) in [6.45, 7) is -8.51. The highest BCUT2D eigenvalue weighted by Crippen LogP contribution is 2.12. The normalized spacial score (nSPS) is 11.5. The fraction of sp³-hybridized carbons (Fsp3) is 0.587. The molecule has 1 aliphatic rings. The van der Waals surface area contributed by atoms with Crippen molar-refractivity contribution in [3.63, 3.8) is 0 Å². The van der Waals surface area contributed by atoms with Gasteiger partial charge in [-0.3, -0.25) is 96.0 Å². The number of ketones is 4. The van der Waals surface area contributed by atoms with Gasteiger partial charge < -0.3 is 66.6 Å². The molecule has 1 saturated heterocycles. The van der Waals surface area contributed by atoms with Crippen LogP contribution in [0.2, 0.25) is 0 Å². The second kappa shape index (κ2) is 36.1. The van der Waals surface area contributed by atoms with Gasteiger partial charge in [-0.2, -0.15) is 0 Å². The summed E-state index contributed by atoms with van der Waals surface area (Å²) in [5.41, 5.74) is 0. The number of imide groups is 1. The van der Waals surface area contributed by atoms with Crippen LogP contribution in [0.5, 0.6) is 0 Å². The smallest absolute Gasteiger partial charge is 0.323 e. The molecule has 9 N–H and O–H groups in total. The number of Topliss-reactive ketones (excluding diaryl/α,β-unsaturated/α-hetero) is 4. The quantitative estimate of drug-likeness (QED) is 0.0203. The van der Waals surface area contributed by atoms with Gasteiger partial charge in [-0.05, 0) is 6.42 Å². The SMILES string of the molecule is CCC(=O)NCC(=O)N(CC(=O)O)CC(=O)NCC(=O)CCC(=O)N(CC(=O)O)CC(=O)CCCNC(=O)CN(CC(=O)O)C(=O)CNC(=O)CCC(=O)CN(CC(=O)O)C(=O)CCC(=O)CNC(=O)CCN1C(=O)CCC1=O. The molecule has 0 bridgehead atoms. The highest BCUT2D eigenvalue weighted by molar-refractivity contribution is 6.02. The Hall–Kier alpha value is -9.07. The fourth-order valence-corrected chi connectivity index (χ4v) is 6.73. The first-order valence-corrected chi connectivity index (χ1v) is 24.3. The molecule has 0 atom stereocenters. The van der Waals surface area contributed by atoms with E-state index in [1.165, 1.54) is 6.92 Å². The fourth-order valence-electron chi connectivity index (χ4n) is 6.73. The number of hydrogen-bond donors (Lipinski definition) is 9. The van der Waals surface area contributed by atoms with Crippen LogP contribution in [-0.2, 0) is 91.1 Å². The minimum Gasteiger partial charge on any atom is -0.480 e. The number of rotatable bonds is 41. The van der Waals surface area contributed by atoms with Crippen molar-refractivity contribution in [2.75, 3.05) is 91.6 Å². The number of carbonyl (C=O) groups is 19. The lowest BCUT2D eigenvalue weighted by molar-refractivity contribution is -0.146. The molecule has 1 heterocycles. The molecular weight excluding hydrogens is 1060 g/mol. The molecule has 1 fully saturated rings. The van der Waals surface area contributed by atoms with E-state index in [1.807, 2.05) is 0 Å². The summed E-state index contributed by atoms with van der Waals surface area (Å²) >= 11 is 0. The lowest BCUT2D eigenvalue weighted by Crippen LogP contribution is -2.47. The molecule has 79 heavy (non-hydrogen) atoms. The molecule has 0 radical (unpaired) electrons. The maximum Gasteiger partial charge on any atom is 0.323 e. The number of likely N-dealkylation sites (tertiary alicyclic amines) is 1. The molecule has 1 rings (SSSR count). The van der Waals surface area contributed by atoms with Crippen LogP contribution in [0.3, 0.4) is 0 Å². The largest absolute Gasteiger partial charge is 0.480 e. The third-order valence-electron chi connectivity index (χ3n) is 10.8. The maximum absolute atomic E-state index is 12.8. The molecule has 436 valence electrons. The molecule has 33 heteroatoms. The van der Waals surface area contributed by atoms with Gasteiger partial charge in [0.05, 0.1) is 39.3 Å². The summed E-state index contributed by atoms with van der Waals surface area (Å²) in [6.07, 6.45) is -3.89. The van der Waals surface area contributed by atoms with E-state index >= 15 is 0 Å². The molecule has 1 aliphatic heterocycles. The summed E-state index contributed by atoms with van der Waals surface area (Å²) in [7, 11) is 0. The van der Waals surface area contributed by atoms with Crippen LogP contribution in [-0.4, -0.2) is 249 Å². The van der Waals surface area contributed by atoms with E-state index in [1.54, 1.807) is 0 Å². The summed E-state index contributed by atoms with van der Waals surface area (Å²) in [6, 6.07) is 0. The van der Waals surface area contributed by atoms with Crippen LogP contribution in [0, 0.1) is 0 Å². The van der Waals surface area contributed by atoms with Crippen molar-refractivity contribution in [2.45, 2.75) is 84.0 Å². The minimum atomic E-state index is -1.55. The van der Waals surface area contributed by atoms with Crippen LogP contribution >= 0.6 is 0 Å². The van der Waals surface area contributed by atoms with Crippen molar-refractivity contribution in [1.29, 1.82) is 0 Å². The molecular formula is C46H64N10O23.